The van der Waals surface area contributed by atoms with Crippen LogP contribution in [-0.2, 0) is 6.42 Å². The maximum Gasteiger partial charge on any atom is 0.253 e. The van der Waals surface area contributed by atoms with Gasteiger partial charge >= 0.3 is 0 Å². The second-order valence-corrected chi connectivity index (χ2v) is 6.24. The van der Waals surface area contributed by atoms with Gasteiger partial charge in [-0.3, -0.25) is 4.79 Å². The first kappa shape index (κ1) is 16.2. The van der Waals surface area contributed by atoms with Gasteiger partial charge in [0.05, 0.1) is 0 Å². The highest BCUT2D eigenvalue weighted by atomic mass is 35.5. The summed E-state index contributed by atoms with van der Waals surface area (Å²) in [5, 5.41) is 3.34. The summed E-state index contributed by atoms with van der Waals surface area (Å²) in [7, 11) is 1.95. The molecule has 1 aromatic rings. The zero-order valence-electron chi connectivity index (χ0n) is 12.7. The monoisotopic (exact) mass is 308 g/mol. The summed E-state index contributed by atoms with van der Waals surface area (Å²) in [5.41, 5.74) is 3.31. The second kappa shape index (κ2) is 7.17. The van der Waals surface area contributed by atoms with Gasteiger partial charge in [0, 0.05) is 31.4 Å². The Labute approximate surface area is 133 Å². The van der Waals surface area contributed by atoms with Crippen molar-refractivity contribution in [1.82, 2.24) is 4.90 Å². The van der Waals surface area contributed by atoms with E-state index < -0.39 is 0 Å². The predicted molar refractivity (Wildman–Crippen MR) is 89.4 cm³/mol. The van der Waals surface area contributed by atoms with Crippen molar-refractivity contribution < 1.29 is 4.79 Å². The summed E-state index contributed by atoms with van der Waals surface area (Å²) in [6.07, 6.45) is 7.63. The van der Waals surface area contributed by atoms with E-state index in [0.717, 1.165) is 25.1 Å². The van der Waals surface area contributed by atoms with Crippen LogP contribution in [-0.4, -0.2) is 30.9 Å². The lowest BCUT2D eigenvalue weighted by molar-refractivity contribution is 0.0760. The number of halogens is 1. The van der Waals surface area contributed by atoms with E-state index in [1.54, 1.807) is 0 Å². The quantitative estimate of drug-likeness (QED) is 0.923. The van der Waals surface area contributed by atoms with E-state index in [0.29, 0.717) is 5.92 Å². The summed E-state index contributed by atoms with van der Waals surface area (Å²) in [5.74, 6) is 0.874. The molecule has 0 bridgehead atoms. The Balaban J connectivity index is 0.00000161. The Morgan fingerprint density at radius 2 is 2.05 bits per heavy atom. The topological polar surface area (TPSA) is 32.3 Å². The van der Waals surface area contributed by atoms with Crippen molar-refractivity contribution >= 4 is 24.0 Å². The van der Waals surface area contributed by atoms with Crippen LogP contribution in [0.2, 0.25) is 0 Å². The van der Waals surface area contributed by atoms with E-state index in [1.807, 2.05) is 24.1 Å². The zero-order chi connectivity index (χ0) is 13.9. The molecule has 1 aromatic carbocycles. The van der Waals surface area contributed by atoms with Gasteiger partial charge in [0.1, 0.15) is 0 Å². The average Bonchev–Trinajstić information content (AvgIpc) is 2.94. The molecule has 1 aliphatic heterocycles. The van der Waals surface area contributed by atoms with Crippen molar-refractivity contribution in [1.29, 1.82) is 0 Å². The first-order chi connectivity index (χ1) is 9.74. The molecule has 0 saturated heterocycles. The van der Waals surface area contributed by atoms with Gasteiger partial charge < -0.3 is 10.2 Å². The third-order valence-corrected chi connectivity index (χ3v) is 4.67. The highest BCUT2D eigenvalue weighted by molar-refractivity contribution is 5.95. The zero-order valence-corrected chi connectivity index (χ0v) is 13.5. The number of rotatable bonds is 3. The van der Waals surface area contributed by atoms with Crippen molar-refractivity contribution in [2.45, 2.75) is 38.5 Å². The minimum Gasteiger partial charge on any atom is -0.384 e. The molecule has 0 radical (unpaired) electrons. The molecule has 0 spiro atoms. The van der Waals surface area contributed by atoms with E-state index >= 15 is 0 Å². The lowest BCUT2D eigenvalue weighted by atomic mass is 9.89. The van der Waals surface area contributed by atoms with Crippen molar-refractivity contribution in [3.05, 3.63) is 29.3 Å². The summed E-state index contributed by atoms with van der Waals surface area (Å²) in [6, 6.07) is 6.07. The highest BCUT2D eigenvalue weighted by Gasteiger charge is 2.20. The smallest absolute Gasteiger partial charge is 0.253 e. The van der Waals surface area contributed by atoms with Gasteiger partial charge in [-0.15, -0.1) is 12.4 Å². The van der Waals surface area contributed by atoms with Crippen LogP contribution < -0.4 is 5.32 Å². The maximum atomic E-state index is 12.5. The molecule has 1 amide bonds. The molecule has 1 aliphatic carbocycles. The lowest BCUT2D eigenvalue weighted by Crippen LogP contribution is -2.32. The third kappa shape index (κ3) is 3.70. The Kier molecular flexibility index (Phi) is 5.51. The number of carbonyl (C=O) groups is 1. The largest absolute Gasteiger partial charge is 0.384 e. The number of nitrogens with one attached hydrogen (secondary N) is 1. The van der Waals surface area contributed by atoms with Gasteiger partial charge in [-0.1, -0.05) is 19.3 Å². The molecule has 4 heteroatoms. The van der Waals surface area contributed by atoms with Gasteiger partial charge in [-0.25, -0.2) is 0 Å². The second-order valence-electron chi connectivity index (χ2n) is 6.24. The Morgan fingerprint density at radius 3 is 2.81 bits per heavy atom. The fourth-order valence-electron chi connectivity index (χ4n) is 3.50. The molecule has 1 heterocycles. The molecule has 21 heavy (non-hydrogen) atoms. The van der Waals surface area contributed by atoms with Crippen molar-refractivity contribution in [2.75, 3.05) is 25.5 Å². The van der Waals surface area contributed by atoms with Crippen LogP contribution in [0.3, 0.4) is 0 Å². The maximum absolute atomic E-state index is 12.5. The molecule has 116 valence electrons. The summed E-state index contributed by atoms with van der Waals surface area (Å²) >= 11 is 0. The van der Waals surface area contributed by atoms with Crippen LogP contribution in [0.25, 0.3) is 0 Å². The summed E-state index contributed by atoms with van der Waals surface area (Å²) in [4.78, 5) is 14.4. The first-order valence-electron chi connectivity index (χ1n) is 7.86. The minimum atomic E-state index is 0. The van der Waals surface area contributed by atoms with Crippen molar-refractivity contribution in [2.24, 2.45) is 5.92 Å². The standard InChI is InChI=1S/C17H24N2O.ClH/c1-19(12-13-5-3-2-4-6-13)17(20)15-7-8-16-14(11-15)9-10-18-16;/h7-8,11,13,18H,2-6,9-10,12H2,1H3;1H. The minimum absolute atomic E-state index is 0. The SMILES string of the molecule is CN(CC1CCCCC1)C(=O)c1ccc2c(c1)CCN2.Cl. The fraction of sp³-hybridized carbons (Fsp3) is 0.588. The molecular weight excluding hydrogens is 284 g/mol. The molecule has 1 saturated carbocycles. The molecule has 0 aromatic heterocycles. The van der Waals surface area contributed by atoms with Crippen LogP contribution in [0.15, 0.2) is 18.2 Å². The molecule has 3 nitrogen and oxygen atoms in total. The number of benzene rings is 1. The van der Waals surface area contributed by atoms with Crippen LogP contribution in [0.4, 0.5) is 5.69 Å². The summed E-state index contributed by atoms with van der Waals surface area (Å²) in [6.45, 7) is 1.90. The third-order valence-electron chi connectivity index (χ3n) is 4.67. The molecule has 1 N–H and O–H groups in total. The van der Waals surface area contributed by atoms with Crippen molar-refractivity contribution in [3.63, 3.8) is 0 Å². The number of nitrogens with zero attached hydrogens (tertiary/aromatic N) is 1. The molecule has 1 fully saturated rings. The summed E-state index contributed by atoms with van der Waals surface area (Å²) < 4.78 is 0. The van der Waals surface area contributed by atoms with Crippen LogP contribution in [0, 0.1) is 5.92 Å². The normalized spacial score (nSPS) is 17.6. The van der Waals surface area contributed by atoms with Gasteiger partial charge in [-0.05, 0) is 48.9 Å². The van der Waals surface area contributed by atoms with Gasteiger partial charge in [-0.2, -0.15) is 0 Å². The number of amides is 1. The fourth-order valence-corrected chi connectivity index (χ4v) is 3.50. The average molecular weight is 309 g/mol. The van der Waals surface area contributed by atoms with E-state index in [4.69, 9.17) is 0 Å². The number of carbonyl (C=O) groups excluding carboxylic acids is 1. The van der Waals surface area contributed by atoms with E-state index in [1.165, 1.54) is 43.4 Å². The van der Waals surface area contributed by atoms with E-state index in [-0.39, 0.29) is 18.3 Å². The highest BCUT2D eigenvalue weighted by Crippen LogP contribution is 2.26. The lowest BCUT2D eigenvalue weighted by Gasteiger charge is -2.27. The molecule has 0 unspecified atom stereocenters. The van der Waals surface area contributed by atoms with Crippen LogP contribution >= 0.6 is 12.4 Å². The number of fused-ring (bicyclic) bond motifs is 1. The Morgan fingerprint density at radius 1 is 1.29 bits per heavy atom. The van der Waals surface area contributed by atoms with Gasteiger partial charge in [0.15, 0.2) is 0 Å². The molecular formula is C17H25ClN2O. The van der Waals surface area contributed by atoms with E-state index in [9.17, 15) is 4.79 Å². The van der Waals surface area contributed by atoms with Crippen LogP contribution in [0.5, 0.6) is 0 Å². The number of anilines is 1. The van der Waals surface area contributed by atoms with Gasteiger partial charge in [0.25, 0.3) is 5.91 Å². The molecule has 3 rings (SSSR count). The molecule has 2 aliphatic rings. The molecule has 0 atom stereocenters. The Hall–Kier alpha value is -1.22. The Bertz CT molecular complexity index is 498. The van der Waals surface area contributed by atoms with E-state index in [2.05, 4.69) is 11.4 Å². The predicted octanol–water partition coefficient (Wildman–Crippen LogP) is 3.73. The first-order valence-corrected chi connectivity index (χ1v) is 7.86. The van der Waals surface area contributed by atoms with Crippen molar-refractivity contribution in [3.8, 4) is 0 Å². The number of hydrogen-bond acceptors (Lipinski definition) is 2. The number of hydrogen-bond donors (Lipinski definition) is 1. The van der Waals surface area contributed by atoms with Gasteiger partial charge in [0.2, 0.25) is 0 Å². The van der Waals surface area contributed by atoms with Crippen LogP contribution in [0.1, 0.15) is 48.0 Å².